The van der Waals surface area contributed by atoms with Crippen molar-refractivity contribution >= 4 is 46.8 Å². The molecule has 2 heterocycles. The number of hydrogen-bond acceptors (Lipinski definition) is 8. The highest BCUT2D eigenvalue weighted by Gasteiger charge is 2.11. The molecule has 0 aliphatic rings. The lowest BCUT2D eigenvalue weighted by molar-refractivity contribution is -0.138. The fourth-order valence-electron chi connectivity index (χ4n) is 2.02. The van der Waals surface area contributed by atoms with E-state index < -0.39 is 11.9 Å². The first-order chi connectivity index (χ1) is 14.4. The van der Waals surface area contributed by atoms with Gasteiger partial charge in [-0.15, -0.1) is 22.7 Å². The van der Waals surface area contributed by atoms with Crippen molar-refractivity contribution in [1.82, 2.24) is 0 Å². The Hall–Kier alpha value is -3.20. The van der Waals surface area contributed by atoms with Gasteiger partial charge in [0, 0.05) is 9.75 Å². The molecule has 0 saturated heterocycles. The highest BCUT2D eigenvalue weighted by molar-refractivity contribution is 7.11. The van der Waals surface area contributed by atoms with Crippen molar-refractivity contribution < 1.29 is 19.1 Å². The zero-order valence-electron chi connectivity index (χ0n) is 17.2. The molecule has 0 aliphatic carbocycles. The molecule has 6 nitrogen and oxygen atoms in total. The number of aryl methyl sites for hydroxylation is 2. The molecule has 0 saturated carbocycles. The van der Waals surface area contributed by atoms with Crippen LogP contribution in [-0.4, -0.2) is 25.2 Å². The Morgan fingerprint density at radius 1 is 0.867 bits per heavy atom. The van der Waals surface area contributed by atoms with Gasteiger partial charge in [-0.2, -0.15) is 10.5 Å². The second kappa shape index (κ2) is 13.1. The number of esters is 2. The normalized spacial score (nSPS) is 10.9. The molecule has 0 aromatic carbocycles. The van der Waals surface area contributed by atoms with E-state index in [2.05, 4.69) is 0 Å². The summed E-state index contributed by atoms with van der Waals surface area (Å²) in [5.74, 6) is -1.12. The fraction of sp³-hybridized carbons (Fsp3) is 0.273. The Kier molecular flexibility index (Phi) is 10.8. The van der Waals surface area contributed by atoms with Crippen LogP contribution < -0.4 is 0 Å². The molecule has 156 valence electrons. The Bertz CT molecular complexity index is 934. The largest absolute Gasteiger partial charge is 0.462 e. The van der Waals surface area contributed by atoms with Crippen LogP contribution in [0.3, 0.4) is 0 Å². The third-order valence-electron chi connectivity index (χ3n) is 3.59. The predicted molar refractivity (Wildman–Crippen MR) is 119 cm³/mol. The van der Waals surface area contributed by atoms with Crippen LogP contribution >= 0.6 is 22.7 Å². The van der Waals surface area contributed by atoms with Crippen molar-refractivity contribution in [3.05, 3.63) is 54.9 Å². The first-order valence-corrected chi connectivity index (χ1v) is 10.8. The van der Waals surface area contributed by atoms with Crippen LogP contribution in [0.2, 0.25) is 0 Å². The molecule has 0 spiro atoms. The van der Waals surface area contributed by atoms with Crippen molar-refractivity contribution in [2.24, 2.45) is 0 Å². The van der Waals surface area contributed by atoms with Gasteiger partial charge in [-0.3, -0.25) is 0 Å². The van der Waals surface area contributed by atoms with E-state index in [1.54, 1.807) is 26.0 Å². The van der Waals surface area contributed by atoms with E-state index in [0.717, 1.165) is 20.9 Å². The summed E-state index contributed by atoms with van der Waals surface area (Å²) in [5.41, 5.74) is 2.19. The van der Waals surface area contributed by atoms with Crippen molar-refractivity contribution in [1.29, 1.82) is 10.5 Å². The number of thiophene rings is 2. The van der Waals surface area contributed by atoms with Gasteiger partial charge < -0.3 is 9.47 Å². The third-order valence-corrected chi connectivity index (χ3v) is 5.52. The number of ether oxygens (including phenoxy) is 2. The van der Waals surface area contributed by atoms with Crippen molar-refractivity contribution in [2.45, 2.75) is 27.7 Å². The minimum Gasteiger partial charge on any atom is -0.462 e. The minimum atomic E-state index is -0.562. The molecule has 0 N–H and O–H groups in total. The number of nitriles is 2. The summed E-state index contributed by atoms with van der Waals surface area (Å²) in [6.07, 6.45) is 3.13. The summed E-state index contributed by atoms with van der Waals surface area (Å²) >= 11 is 2.99. The van der Waals surface area contributed by atoms with Gasteiger partial charge in [0.25, 0.3) is 0 Å². The van der Waals surface area contributed by atoms with E-state index in [9.17, 15) is 9.59 Å². The molecule has 0 fully saturated rings. The third kappa shape index (κ3) is 7.67. The van der Waals surface area contributed by atoms with Crippen LogP contribution in [0.15, 0.2) is 34.0 Å². The standard InChI is InChI=1S/2C11H11NO2S/c2*1-3-14-11(13)9(7-12)6-10-8(2)4-5-15-10/h2*4-6H,3H2,1-2H3/b2*9-6+. The van der Waals surface area contributed by atoms with Gasteiger partial charge in [-0.1, -0.05) is 0 Å². The maximum absolute atomic E-state index is 11.3. The first kappa shape index (κ1) is 24.8. The summed E-state index contributed by atoms with van der Waals surface area (Å²) < 4.78 is 9.52. The Labute approximate surface area is 184 Å². The van der Waals surface area contributed by atoms with E-state index >= 15 is 0 Å². The number of rotatable bonds is 6. The molecule has 2 rings (SSSR count). The minimum absolute atomic E-state index is 0.0439. The quantitative estimate of drug-likeness (QED) is 0.352. The van der Waals surface area contributed by atoms with Crippen molar-refractivity contribution in [3.63, 3.8) is 0 Å². The zero-order chi connectivity index (χ0) is 22.5. The smallest absolute Gasteiger partial charge is 0.348 e. The van der Waals surface area contributed by atoms with E-state index in [1.165, 1.54) is 22.7 Å². The average molecular weight is 443 g/mol. The van der Waals surface area contributed by atoms with Crippen LogP contribution in [0, 0.1) is 36.5 Å². The van der Waals surface area contributed by atoms with Gasteiger partial charge in [0.1, 0.15) is 23.3 Å². The van der Waals surface area contributed by atoms with Gasteiger partial charge in [0.2, 0.25) is 0 Å². The van der Waals surface area contributed by atoms with Gasteiger partial charge in [-0.25, -0.2) is 9.59 Å². The Morgan fingerprint density at radius 3 is 1.47 bits per heavy atom. The molecule has 0 unspecified atom stereocenters. The van der Waals surface area contributed by atoms with Crippen LogP contribution in [-0.2, 0) is 19.1 Å². The maximum atomic E-state index is 11.3. The molecule has 30 heavy (non-hydrogen) atoms. The molecule has 0 bridgehead atoms. The topological polar surface area (TPSA) is 100 Å². The average Bonchev–Trinajstić information content (AvgIpc) is 3.32. The van der Waals surface area contributed by atoms with Crippen LogP contribution in [0.1, 0.15) is 34.7 Å². The SMILES string of the molecule is CCOC(=O)/C(C#N)=C/c1sccc1C.CCOC(=O)/C(C#N)=C/c1sccc1C. The lowest BCUT2D eigenvalue weighted by Crippen LogP contribution is -2.05. The number of carbonyl (C=O) groups excluding carboxylic acids is 2. The van der Waals surface area contributed by atoms with E-state index in [0.29, 0.717) is 0 Å². The Morgan fingerprint density at radius 2 is 1.23 bits per heavy atom. The highest BCUT2D eigenvalue weighted by Crippen LogP contribution is 2.20. The molecule has 0 atom stereocenters. The number of carbonyl (C=O) groups is 2. The summed E-state index contributed by atoms with van der Waals surface area (Å²) in [4.78, 5) is 24.4. The number of hydrogen-bond donors (Lipinski definition) is 0. The fourth-order valence-corrected chi connectivity index (χ4v) is 3.74. The molecule has 2 aromatic rings. The van der Waals surface area contributed by atoms with Crippen LogP contribution in [0.5, 0.6) is 0 Å². The molecule has 0 aliphatic heterocycles. The predicted octanol–water partition coefficient (Wildman–Crippen LogP) is 5.05. The van der Waals surface area contributed by atoms with Crippen LogP contribution in [0.4, 0.5) is 0 Å². The lowest BCUT2D eigenvalue weighted by atomic mass is 10.2. The Balaban J connectivity index is 0.000000300. The molecule has 0 radical (unpaired) electrons. The number of nitrogens with zero attached hydrogens (tertiary/aromatic N) is 2. The molecular formula is C22H22N2O4S2. The van der Waals surface area contributed by atoms with E-state index in [-0.39, 0.29) is 24.4 Å². The molecule has 0 amide bonds. The summed E-state index contributed by atoms with van der Waals surface area (Å²) in [6.45, 7) is 7.85. The van der Waals surface area contributed by atoms with Gasteiger partial charge >= 0.3 is 11.9 Å². The molecule has 8 heteroatoms. The van der Waals surface area contributed by atoms with Crippen LogP contribution in [0.25, 0.3) is 12.2 Å². The lowest BCUT2D eigenvalue weighted by Gasteiger charge is -1.98. The second-order valence-electron chi connectivity index (χ2n) is 5.72. The van der Waals surface area contributed by atoms with Crippen molar-refractivity contribution in [3.8, 4) is 12.1 Å². The van der Waals surface area contributed by atoms with E-state index in [4.69, 9.17) is 20.0 Å². The first-order valence-electron chi connectivity index (χ1n) is 9.03. The van der Waals surface area contributed by atoms with Gasteiger partial charge in [0.05, 0.1) is 13.2 Å². The van der Waals surface area contributed by atoms with E-state index in [1.807, 2.05) is 48.9 Å². The summed E-state index contributed by atoms with van der Waals surface area (Å²) in [7, 11) is 0. The monoisotopic (exact) mass is 442 g/mol. The maximum Gasteiger partial charge on any atom is 0.348 e. The highest BCUT2D eigenvalue weighted by atomic mass is 32.1. The molecule has 2 aromatic heterocycles. The van der Waals surface area contributed by atoms with Gasteiger partial charge in [0.15, 0.2) is 0 Å². The van der Waals surface area contributed by atoms with Gasteiger partial charge in [-0.05, 0) is 73.9 Å². The summed E-state index contributed by atoms with van der Waals surface area (Å²) in [6, 6.07) is 7.57. The molecular weight excluding hydrogens is 420 g/mol. The van der Waals surface area contributed by atoms with Crippen molar-refractivity contribution in [2.75, 3.05) is 13.2 Å². The summed E-state index contributed by atoms with van der Waals surface area (Å²) in [5, 5.41) is 21.4. The zero-order valence-corrected chi connectivity index (χ0v) is 18.9. The second-order valence-corrected chi connectivity index (χ2v) is 7.61.